The second-order valence-corrected chi connectivity index (χ2v) is 7.12. The SMILES string of the molecule is COCCCNC(=O)c1c(N)n(-c2ccc(OC)c(OC)c2)c2nc3ccccc3nc12. The zero-order chi connectivity index (χ0) is 22.7. The first kappa shape index (κ1) is 21.4. The molecule has 1 amide bonds. The molecule has 0 aliphatic rings. The highest BCUT2D eigenvalue weighted by molar-refractivity contribution is 6.11. The Hall–Kier alpha value is -3.85. The number of carbonyl (C=O) groups excluding carboxylic acids is 1. The van der Waals surface area contributed by atoms with Crippen molar-refractivity contribution in [2.75, 3.05) is 40.2 Å². The lowest BCUT2D eigenvalue weighted by Crippen LogP contribution is -2.26. The van der Waals surface area contributed by atoms with Gasteiger partial charge in [0.1, 0.15) is 16.9 Å². The molecule has 4 aromatic rings. The number of fused-ring (bicyclic) bond motifs is 2. The van der Waals surface area contributed by atoms with Crippen molar-refractivity contribution in [1.82, 2.24) is 19.9 Å². The van der Waals surface area contributed by atoms with Gasteiger partial charge in [0.25, 0.3) is 5.91 Å². The summed E-state index contributed by atoms with van der Waals surface area (Å²) in [5.41, 5.74) is 9.78. The molecule has 0 radical (unpaired) electrons. The molecule has 0 unspecified atom stereocenters. The Kier molecular flexibility index (Phi) is 6.09. The van der Waals surface area contributed by atoms with E-state index in [4.69, 9.17) is 29.9 Å². The van der Waals surface area contributed by atoms with Crippen molar-refractivity contribution in [3.05, 3.63) is 48.0 Å². The van der Waals surface area contributed by atoms with E-state index in [9.17, 15) is 4.79 Å². The Balaban J connectivity index is 1.91. The number of anilines is 1. The lowest BCUT2D eigenvalue weighted by Gasteiger charge is -2.12. The van der Waals surface area contributed by atoms with Gasteiger partial charge in [-0.1, -0.05) is 12.1 Å². The number of nitrogens with two attached hydrogens (primary N) is 1. The second-order valence-electron chi connectivity index (χ2n) is 7.12. The van der Waals surface area contributed by atoms with Gasteiger partial charge < -0.3 is 25.3 Å². The molecule has 0 saturated carbocycles. The molecule has 166 valence electrons. The van der Waals surface area contributed by atoms with Crippen molar-refractivity contribution >= 4 is 33.9 Å². The number of nitrogens with zero attached hydrogens (tertiary/aromatic N) is 3. The quantitative estimate of drug-likeness (QED) is 0.409. The summed E-state index contributed by atoms with van der Waals surface area (Å²) < 4.78 is 17.5. The second kappa shape index (κ2) is 9.11. The van der Waals surface area contributed by atoms with Crippen molar-refractivity contribution in [1.29, 1.82) is 0 Å². The highest BCUT2D eigenvalue weighted by Gasteiger charge is 2.25. The third kappa shape index (κ3) is 3.78. The van der Waals surface area contributed by atoms with Crippen molar-refractivity contribution in [2.24, 2.45) is 0 Å². The van der Waals surface area contributed by atoms with E-state index in [1.807, 2.05) is 30.3 Å². The standard InChI is InChI=1S/C23H25N5O4/c1-30-12-6-11-25-23(29)19-20-22(27-16-8-5-4-7-15(16)26-20)28(21(19)24)14-9-10-17(31-2)18(13-14)32-3/h4-5,7-10,13H,6,11-12,24H2,1-3H3,(H,25,29). The lowest BCUT2D eigenvalue weighted by atomic mass is 10.2. The minimum Gasteiger partial charge on any atom is -0.493 e. The Bertz CT molecular complexity index is 1280. The van der Waals surface area contributed by atoms with Gasteiger partial charge in [-0.2, -0.15) is 0 Å². The molecule has 2 aromatic heterocycles. The molecule has 0 fully saturated rings. The third-order valence-corrected chi connectivity index (χ3v) is 5.16. The number of aromatic nitrogens is 3. The number of hydrogen-bond acceptors (Lipinski definition) is 7. The number of amides is 1. The smallest absolute Gasteiger partial charge is 0.257 e. The summed E-state index contributed by atoms with van der Waals surface area (Å²) in [5.74, 6) is 1.05. The summed E-state index contributed by atoms with van der Waals surface area (Å²) in [6.07, 6.45) is 0.686. The van der Waals surface area contributed by atoms with Gasteiger partial charge in [0.15, 0.2) is 17.1 Å². The van der Waals surface area contributed by atoms with Gasteiger partial charge in [0.05, 0.1) is 30.9 Å². The maximum atomic E-state index is 13.1. The third-order valence-electron chi connectivity index (χ3n) is 5.16. The van der Waals surface area contributed by atoms with Crippen LogP contribution in [0.25, 0.3) is 27.9 Å². The van der Waals surface area contributed by atoms with E-state index in [0.29, 0.717) is 59.0 Å². The number of benzene rings is 2. The van der Waals surface area contributed by atoms with E-state index in [2.05, 4.69) is 5.32 Å². The Morgan fingerprint density at radius 2 is 1.75 bits per heavy atom. The Morgan fingerprint density at radius 1 is 1.03 bits per heavy atom. The number of ether oxygens (including phenoxy) is 3. The van der Waals surface area contributed by atoms with Gasteiger partial charge in [0.2, 0.25) is 0 Å². The summed E-state index contributed by atoms with van der Waals surface area (Å²) >= 11 is 0. The first-order chi connectivity index (χ1) is 15.6. The maximum absolute atomic E-state index is 13.1. The van der Waals surface area contributed by atoms with Gasteiger partial charge >= 0.3 is 0 Å². The molecule has 32 heavy (non-hydrogen) atoms. The molecule has 2 aromatic carbocycles. The molecule has 0 bridgehead atoms. The molecule has 4 rings (SSSR count). The number of carbonyl (C=O) groups is 1. The first-order valence-electron chi connectivity index (χ1n) is 10.1. The molecule has 0 aliphatic carbocycles. The molecule has 2 heterocycles. The van der Waals surface area contributed by atoms with Crippen molar-refractivity contribution in [2.45, 2.75) is 6.42 Å². The van der Waals surface area contributed by atoms with E-state index >= 15 is 0 Å². The minimum absolute atomic E-state index is 0.242. The predicted octanol–water partition coefficient (Wildman–Crippen LogP) is 2.94. The summed E-state index contributed by atoms with van der Waals surface area (Å²) in [6, 6.07) is 12.9. The van der Waals surface area contributed by atoms with Crippen LogP contribution in [0.2, 0.25) is 0 Å². The van der Waals surface area contributed by atoms with Gasteiger partial charge in [0, 0.05) is 26.3 Å². The molecular weight excluding hydrogens is 410 g/mol. The predicted molar refractivity (Wildman–Crippen MR) is 123 cm³/mol. The van der Waals surface area contributed by atoms with Crippen LogP contribution in [-0.2, 0) is 4.74 Å². The molecular formula is C23H25N5O4. The average molecular weight is 435 g/mol. The Labute approximate surface area is 185 Å². The van der Waals surface area contributed by atoms with Gasteiger partial charge in [-0.05, 0) is 30.7 Å². The highest BCUT2D eigenvalue weighted by Crippen LogP contribution is 2.35. The monoisotopic (exact) mass is 435 g/mol. The van der Waals surface area contributed by atoms with Crippen molar-refractivity contribution in [3.8, 4) is 17.2 Å². The number of para-hydroxylation sites is 2. The van der Waals surface area contributed by atoms with E-state index in [1.165, 1.54) is 0 Å². The number of nitrogens with one attached hydrogen (secondary N) is 1. The van der Waals surface area contributed by atoms with Crippen LogP contribution in [-0.4, -0.2) is 54.9 Å². The molecule has 9 nitrogen and oxygen atoms in total. The maximum Gasteiger partial charge on any atom is 0.257 e. The fourth-order valence-corrected chi connectivity index (χ4v) is 3.62. The lowest BCUT2D eigenvalue weighted by molar-refractivity contribution is 0.0951. The average Bonchev–Trinajstić information content (AvgIpc) is 3.10. The molecule has 0 saturated heterocycles. The minimum atomic E-state index is -0.313. The molecule has 0 aliphatic heterocycles. The van der Waals surface area contributed by atoms with Crippen LogP contribution >= 0.6 is 0 Å². The van der Waals surface area contributed by atoms with Crippen LogP contribution in [0.15, 0.2) is 42.5 Å². The number of hydrogen-bond donors (Lipinski definition) is 2. The molecule has 3 N–H and O–H groups in total. The fourth-order valence-electron chi connectivity index (χ4n) is 3.62. The van der Waals surface area contributed by atoms with Crippen LogP contribution in [0.3, 0.4) is 0 Å². The zero-order valence-electron chi connectivity index (χ0n) is 18.2. The van der Waals surface area contributed by atoms with Gasteiger partial charge in [-0.15, -0.1) is 0 Å². The van der Waals surface area contributed by atoms with Crippen LogP contribution in [0.1, 0.15) is 16.8 Å². The number of rotatable bonds is 8. The largest absolute Gasteiger partial charge is 0.493 e. The molecule has 0 atom stereocenters. The van der Waals surface area contributed by atoms with Gasteiger partial charge in [-0.3, -0.25) is 9.36 Å². The van der Waals surface area contributed by atoms with Crippen molar-refractivity contribution < 1.29 is 19.0 Å². The molecule has 9 heteroatoms. The Morgan fingerprint density at radius 3 is 2.44 bits per heavy atom. The summed E-state index contributed by atoms with van der Waals surface area (Å²) in [4.78, 5) is 22.6. The molecule has 0 spiro atoms. The van der Waals surface area contributed by atoms with E-state index in [-0.39, 0.29) is 17.3 Å². The number of nitrogen functional groups attached to an aromatic ring is 1. The highest BCUT2D eigenvalue weighted by atomic mass is 16.5. The summed E-state index contributed by atoms with van der Waals surface area (Å²) in [7, 11) is 4.75. The number of methoxy groups -OCH3 is 3. The first-order valence-corrected chi connectivity index (χ1v) is 10.1. The normalized spacial score (nSPS) is 11.1. The van der Waals surface area contributed by atoms with Crippen molar-refractivity contribution in [3.63, 3.8) is 0 Å². The zero-order valence-corrected chi connectivity index (χ0v) is 18.2. The van der Waals surface area contributed by atoms with E-state index in [0.717, 1.165) is 0 Å². The topological polar surface area (TPSA) is 114 Å². The van der Waals surface area contributed by atoms with Crippen LogP contribution in [0.4, 0.5) is 5.82 Å². The van der Waals surface area contributed by atoms with Crippen LogP contribution < -0.4 is 20.5 Å². The van der Waals surface area contributed by atoms with Crippen LogP contribution in [0, 0.1) is 0 Å². The summed E-state index contributed by atoms with van der Waals surface area (Å²) in [6.45, 7) is 1.00. The summed E-state index contributed by atoms with van der Waals surface area (Å²) in [5, 5.41) is 2.90. The van der Waals surface area contributed by atoms with Crippen LogP contribution in [0.5, 0.6) is 11.5 Å². The van der Waals surface area contributed by atoms with Gasteiger partial charge in [-0.25, -0.2) is 9.97 Å². The van der Waals surface area contributed by atoms with E-state index < -0.39 is 0 Å². The fraction of sp³-hybridized carbons (Fsp3) is 0.261. The van der Waals surface area contributed by atoms with E-state index in [1.54, 1.807) is 38.0 Å².